The molecule has 0 aromatic carbocycles. The van der Waals surface area contributed by atoms with Crippen LogP contribution in [0.2, 0.25) is 0 Å². The highest BCUT2D eigenvalue weighted by atomic mass is 16.5. The van der Waals surface area contributed by atoms with Crippen LogP contribution in [0.1, 0.15) is 39.5 Å². The van der Waals surface area contributed by atoms with Crippen molar-refractivity contribution in [3.63, 3.8) is 0 Å². The largest absolute Gasteiger partial charge is 0.377 e. The van der Waals surface area contributed by atoms with Gasteiger partial charge in [-0.15, -0.1) is 0 Å². The summed E-state index contributed by atoms with van der Waals surface area (Å²) in [5.41, 5.74) is 0.412. The van der Waals surface area contributed by atoms with Crippen molar-refractivity contribution in [3.05, 3.63) is 0 Å². The van der Waals surface area contributed by atoms with Crippen molar-refractivity contribution in [3.8, 4) is 0 Å². The van der Waals surface area contributed by atoms with Gasteiger partial charge in [0.15, 0.2) is 0 Å². The zero-order valence-electron chi connectivity index (χ0n) is 9.05. The van der Waals surface area contributed by atoms with Crippen LogP contribution in [0.4, 0.5) is 0 Å². The molecule has 0 aliphatic carbocycles. The molecule has 2 aliphatic rings. The lowest BCUT2D eigenvalue weighted by Crippen LogP contribution is -2.43. The van der Waals surface area contributed by atoms with E-state index in [0.29, 0.717) is 11.6 Å². The minimum Gasteiger partial charge on any atom is -0.377 e. The lowest BCUT2D eigenvalue weighted by atomic mass is 9.88. The van der Waals surface area contributed by atoms with E-state index in [1.54, 1.807) is 0 Å². The second kappa shape index (κ2) is 3.25. The van der Waals surface area contributed by atoms with Crippen molar-refractivity contribution in [2.75, 3.05) is 13.7 Å². The van der Waals surface area contributed by atoms with E-state index < -0.39 is 0 Å². The van der Waals surface area contributed by atoms with Crippen LogP contribution < -0.4 is 0 Å². The minimum absolute atomic E-state index is 0.377. The van der Waals surface area contributed by atoms with Gasteiger partial charge in [0.1, 0.15) is 0 Å². The Balaban J connectivity index is 1.96. The number of likely N-dealkylation sites (N-methyl/N-ethyl adjacent to an activating group) is 1. The first kappa shape index (κ1) is 9.47. The van der Waals surface area contributed by atoms with Crippen LogP contribution in [0.5, 0.6) is 0 Å². The van der Waals surface area contributed by atoms with Gasteiger partial charge in [-0.2, -0.15) is 0 Å². The van der Waals surface area contributed by atoms with Gasteiger partial charge in [-0.25, -0.2) is 0 Å². The Morgan fingerprint density at radius 1 is 1.38 bits per heavy atom. The average Bonchev–Trinajstić information content (AvgIpc) is 2.58. The highest BCUT2D eigenvalue weighted by molar-refractivity contribution is 5.05. The highest BCUT2D eigenvalue weighted by Gasteiger charge is 2.49. The Morgan fingerprint density at radius 2 is 2.00 bits per heavy atom. The first-order valence-electron chi connectivity index (χ1n) is 5.49. The van der Waals surface area contributed by atoms with Gasteiger partial charge >= 0.3 is 0 Å². The summed E-state index contributed by atoms with van der Waals surface area (Å²) < 4.78 is 5.78. The van der Waals surface area contributed by atoms with E-state index in [0.717, 1.165) is 12.6 Å². The summed E-state index contributed by atoms with van der Waals surface area (Å²) >= 11 is 0. The molecule has 2 heterocycles. The van der Waals surface area contributed by atoms with Gasteiger partial charge < -0.3 is 4.74 Å². The molecule has 0 radical (unpaired) electrons. The van der Waals surface area contributed by atoms with Crippen LogP contribution in [0.25, 0.3) is 0 Å². The van der Waals surface area contributed by atoms with Gasteiger partial charge in [0.2, 0.25) is 0 Å². The highest BCUT2D eigenvalue weighted by Crippen LogP contribution is 2.45. The summed E-state index contributed by atoms with van der Waals surface area (Å²) in [6, 6.07) is 0.857. The average molecular weight is 183 g/mol. The first-order valence-corrected chi connectivity index (χ1v) is 5.49. The Hall–Kier alpha value is -0.0800. The smallest absolute Gasteiger partial charge is 0.0653 e. The standard InChI is InChI=1S/C11H21NO/c1-9(2)13-8-11-6-4-10(5-7-11)12(11)3/h9-10H,4-8H2,1-3H3. The molecule has 13 heavy (non-hydrogen) atoms. The second-order valence-electron chi connectivity index (χ2n) is 4.93. The molecule has 0 aromatic heterocycles. The molecule has 0 atom stereocenters. The van der Waals surface area contributed by atoms with Crippen LogP contribution in [-0.2, 0) is 4.74 Å². The van der Waals surface area contributed by atoms with E-state index in [9.17, 15) is 0 Å². The van der Waals surface area contributed by atoms with E-state index in [1.165, 1.54) is 25.7 Å². The molecular formula is C11H21NO. The molecule has 2 aliphatic heterocycles. The third-order valence-corrected chi connectivity index (χ3v) is 3.87. The molecule has 0 N–H and O–H groups in total. The fourth-order valence-electron chi connectivity index (χ4n) is 2.84. The molecule has 2 saturated heterocycles. The maximum absolute atomic E-state index is 5.78. The van der Waals surface area contributed by atoms with Gasteiger partial charge in [0, 0.05) is 11.6 Å². The summed E-state index contributed by atoms with van der Waals surface area (Å²) in [4.78, 5) is 2.56. The summed E-state index contributed by atoms with van der Waals surface area (Å²) in [6.07, 6.45) is 5.85. The van der Waals surface area contributed by atoms with Crippen molar-refractivity contribution < 1.29 is 4.74 Å². The Kier molecular flexibility index (Phi) is 2.37. The van der Waals surface area contributed by atoms with Crippen molar-refractivity contribution in [2.45, 2.75) is 57.2 Å². The maximum atomic E-state index is 5.78. The van der Waals surface area contributed by atoms with Crippen molar-refractivity contribution >= 4 is 0 Å². The number of fused-ring (bicyclic) bond motifs is 2. The molecule has 2 heteroatoms. The monoisotopic (exact) mass is 183 g/mol. The molecular weight excluding hydrogens is 162 g/mol. The molecule has 0 amide bonds. The molecule has 2 bridgehead atoms. The molecule has 76 valence electrons. The Bertz CT molecular complexity index is 183. The second-order valence-corrected chi connectivity index (χ2v) is 4.93. The van der Waals surface area contributed by atoms with Crippen LogP contribution in [0.3, 0.4) is 0 Å². The van der Waals surface area contributed by atoms with Crippen molar-refractivity contribution in [2.24, 2.45) is 0 Å². The summed E-state index contributed by atoms with van der Waals surface area (Å²) in [7, 11) is 2.27. The number of hydrogen-bond donors (Lipinski definition) is 0. The predicted molar refractivity (Wildman–Crippen MR) is 53.8 cm³/mol. The summed E-state index contributed by atoms with van der Waals surface area (Å²) in [5, 5.41) is 0. The minimum atomic E-state index is 0.377. The summed E-state index contributed by atoms with van der Waals surface area (Å²) in [6.45, 7) is 5.19. The van der Waals surface area contributed by atoms with Crippen LogP contribution in [0.15, 0.2) is 0 Å². The van der Waals surface area contributed by atoms with Gasteiger partial charge in [0.05, 0.1) is 12.7 Å². The number of ether oxygens (including phenoxy) is 1. The SMILES string of the molecule is CC(C)OCC12CCC(CC1)N2C. The number of hydrogen-bond acceptors (Lipinski definition) is 2. The van der Waals surface area contributed by atoms with E-state index in [1.807, 2.05) is 0 Å². The van der Waals surface area contributed by atoms with E-state index in [2.05, 4.69) is 25.8 Å². The molecule has 0 spiro atoms. The maximum Gasteiger partial charge on any atom is 0.0653 e. The van der Waals surface area contributed by atoms with Gasteiger partial charge in [0.25, 0.3) is 0 Å². The zero-order valence-corrected chi connectivity index (χ0v) is 9.05. The van der Waals surface area contributed by atoms with Crippen molar-refractivity contribution in [1.29, 1.82) is 0 Å². The summed E-state index contributed by atoms with van der Waals surface area (Å²) in [5.74, 6) is 0. The zero-order chi connectivity index (χ0) is 9.47. The molecule has 2 nitrogen and oxygen atoms in total. The van der Waals surface area contributed by atoms with Crippen molar-refractivity contribution in [1.82, 2.24) is 4.90 Å². The predicted octanol–water partition coefficient (Wildman–Crippen LogP) is 2.04. The van der Waals surface area contributed by atoms with Gasteiger partial charge in [-0.3, -0.25) is 4.90 Å². The third kappa shape index (κ3) is 1.50. The van der Waals surface area contributed by atoms with E-state index in [-0.39, 0.29) is 0 Å². The van der Waals surface area contributed by atoms with E-state index in [4.69, 9.17) is 4.74 Å². The quantitative estimate of drug-likeness (QED) is 0.664. The van der Waals surface area contributed by atoms with Crippen LogP contribution in [0, 0.1) is 0 Å². The fourth-order valence-corrected chi connectivity index (χ4v) is 2.84. The normalized spacial score (nSPS) is 39.2. The molecule has 0 aromatic rings. The van der Waals surface area contributed by atoms with E-state index >= 15 is 0 Å². The van der Waals surface area contributed by atoms with Gasteiger partial charge in [-0.1, -0.05) is 0 Å². The molecule has 2 rings (SSSR count). The number of nitrogens with zero attached hydrogens (tertiary/aromatic N) is 1. The Labute approximate surface area is 81.3 Å². The lowest BCUT2D eigenvalue weighted by molar-refractivity contribution is 0.00263. The van der Waals surface area contributed by atoms with Crippen LogP contribution >= 0.6 is 0 Å². The lowest BCUT2D eigenvalue weighted by Gasteiger charge is -2.32. The van der Waals surface area contributed by atoms with Crippen LogP contribution in [-0.4, -0.2) is 36.2 Å². The third-order valence-electron chi connectivity index (χ3n) is 3.87. The van der Waals surface area contributed by atoms with Gasteiger partial charge in [-0.05, 0) is 46.6 Å². The fraction of sp³-hybridized carbons (Fsp3) is 1.00. The molecule has 2 fully saturated rings. The molecule has 0 unspecified atom stereocenters. The topological polar surface area (TPSA) is 12.5 Å². The first-order chi connectivity index (χ1) is 6.14. The number of rotatable bonds is 3. The molecule has 0 saturated carbocycles. The Morgan fingerprint density at radius 3 is 2.38 bits per heavy atom.